The number of cyclic esters (lactones) is 1. The minimum atomic E-state index is -1.14. The van der Waals surface area contributed by atoms with Gasteiger partial charge in [-0.05, 0) is 24.0 Å². The average molecular weight is 324 g/mol. The van der Waals surface area contributed by atoms with E-state index in [1.54, 1.807) is 11.8 Å². The molecule has 22 heavy (non-hydrogen) atoms. The van der Waals surface area contributed by atoms with Crippen molar-refractivity contribution in [3.8, 4) is 0 Å². The standard InChI is InChI=1S/C14H16N2O5S/c1-22-10-4-2-9(3-5-10)7-16-11(8-21-14(16)20)13(19)15-6-12(17)18/h2-5,11H,6-8H2,1H3,(H,15,19)(H,17,18)/t11-/m0/s1. The summed E-state index contributed by atoms with van der Waals surface area (Å²) in [6, 6.07) is 6.81. The molecule has 1 atom stereocenters. The molecular formula is C14H16N2O5S. The van der Waals surface area contributed by atoms with E-state index in [-0.39, 0.29) is 13.2 Å². The number of hydrogen-bond acceptors (Lipinski definition) is 5. The van der Waals surface area contributed by atoms with E-state index in [4.69, 9.17) is 9.84 Å². The molecule has 0 unspecified atom stereocenters. The van der Waals surface area contributed by atoms with Gasteiger partial charge in [-0.25, -0.2) is 4.79 Å². The number of benzene rings is 1. The summed E-state index contributed by atoms with van der Waals surface area (Å²) in [5.41, 5.74) is 0.868. The van der Waals surface area contributed by atoms with Gasteiger partial charge >= 0.3 is 12.1 Å². The Bertz CT molecular complexity index is 575. The number of hydrogen-bond donors (Lipinski definition) is 2. The highest BCUT2D eigenvalue weighted by Crippen LogP contribution is 2.19. The fraction of sp³-hybridized carbons (Fsp3) is 0.357. The minimum Gasteiger partial charge on any atom is -0.480 e. The molecule has 7 nitrogen and oxygen atoms in total. The molecule has 0 spiro atoms. The van der Waals surface area contributed by atoms with E-state index < -0.39 is 30.6 Å². The zero-order valence-electron chi connectivity index (χ0n) is 11.9. The van der Waals surface area contributed by atoms with Gasteiger partial charge in [-0.3, -0.25) is 14.5 Å². The molecule has 0 radical (unpaired) electrons. The number of ether oxygens (including phenoxy) is 1. The lowest BCUT2D eigenvalue weighted by atomic mass is 10.2. The summed E-state index contributed by atoms with van der Waals surface area (Å²) < 4.78 is 4.90. The number of rotatable bonds is 6. The van der Waals surface area contributed by atoms with E-state index in [1.165, 1.54) is 4.90 Å². The van der Waals surface area contributed by atoms with Crippen molar-refractivity contribution < 1.29 is 24.2 Å². The molecule has 0 saturated carbocycles. The van der Waals surface area contributed by atoms with Crippen LogP contribution >= 0.6 is 11.8 Å². The molecule has 0 aromatic heterocycles. The molecule has 2 rings (SSSR count). The summed E-state index contributed by atoms with van der Waals surface area (Å²) in [6.45, 7) is -0.328. The van der Waals surface area contributed by atoms with Crippen molar-refractivity contribution >= 4 is 29.7 Å². The van der Waals surface area contributed by atoms with Crippen LogP contribution in [0.15, 0.2) is 29.2 Å². The van der Waals surface area contributed by atoms with Crippen LogP contribution in [0.1, 0.15) is 5.56 Å². The Morgan fingerprint density at radius 3 is 2.68 bits per heavy atom. The quantitative estimate of drug-likeness (QED) is 0.756. The van der Waals surface area contributed by atoms with Crippen LogP contribution in [0.25, 0.3) is 0 Å². The molecule has 1 aromatic rings. The van der Waals surface area contributed by atoms with Gasteiger partial charge in [0.05, 0.1) is 6.54 Å². The second kappa shape index (κ2) is 7.17. The molecule has 1 aliphatic rings. The van der Waals surface area contributed by atoms with E-state index >= 15 is 0 Å². The zero-order chi connectivity index (χ0) is 16.1. The smallest absolute Gasteiger partial charge is 0.410 e. The van der Waals surface area contributed by atoms with Crippen LogP contribution in [-0.4, -0.2) is 53.4 Å². The Morgan fingerprint density at radius 2 is 2.09 bits per heavy atom. The molecular weight excluding hydrogens is 308 g/mol. The van der Waals surface area contributed by atoms with Gasteiger partial charge in [0.1, 0.15) is 19.2 Å². The number of aliphatic carboxylic acids is 1. The molecule has 1 aliphatic heterocycles. The van der Waals surface area contributed by atoms with Gasteiger partial charge in [0.2, 0.25) is 5.91 Å². The number of nitrogens with one attached hydrogen (secondary N) is 1. The molecule has 2 N–H and O–H groups in total. The Hall–Kier alpha value is -2.22. The van der Waals surface area contributed by atoms with Crippen LogP contribution in [-0.2, 0) is 20.9 Å². The number of carbonyl (C=O) groups is 3. The van der Waals surface area contributed by atoms with E-state index in [0.29, 0.717) is 0 Å². The Labute approximate surface area is 131 Å². The van der Waals surface area contributed by atoms with Crippen LogP contribution in [0.5, 0.6) is 0 Å². The molecule has 2 amide bonds. The third-order valence-electron chi connectivity index (χ3n) is 3.20. The molecule has 118 valence electrons. The highest BCUT2D eigenvalue weighted by molar-refractivity contribution is 7.98. The summed E-state index contributed by atoms with van der Waals surface area (Å²) in [6.07, 6.45) is 1.39. The van der Waals surface area contributed by atoms with Crippen LogP contribution in [0.2, 0.25) is 0 Å². The normalized spacial score (nSPS) is 17.2. The van der Waals surface area contributed by atoms with Crippen molar-refractivity contribution in [2.75, 3.05) is 19.4 Å². The van der Waals surface area contributed by atoms with Gasteiger partial charge in [-0.15, -0.1) is 11.8 Å². The number of carboxylic acids is 1. The lowest BCUT2D eigenvalue weighted by Crippen LogP contribution is -2.46. The third-order valence-corrected chi connectivity index (χ3v) is 3.95. The molecule has 0 bridgehead atoms. The monoisotopic (exact) mass is 324 g/mol. The van der Waals surface area contributed by atoms with Crippen molar-refractivity contribution in [1.29, 1.82) is 0 Å². The predicted octanol–water partition coefficient (Wildman–Crippen LogP) is 0.930. The summed E-state index contributed by atoms with van der Waals surface area (Å²) in [4.78, 5) is 36.6. The molecule has 0 aliphatic carbocycles. The second-order valence-electron chi connectivity index (χ2n) is 4.68. The number of thioether (sulfide) groups is 1. The first-order valence-corrected chi connectivity index (χ1v) is 7.79. The summed E-state index contributed by atoms with van der Waals surface area (Å²) >= 11 is 1.61. The van der Waals surface area contributed by atoms with Crippen LogP contribution in [0, 0.1) is 0 Å². The average Bonchev–Trinajstić information content (AvgIpc) is 2.87. The fourth-order valence-corrected chi connectivity index (χ4v) is 2.46. The number of carbonyl (C=O) groups excluding carboxylic acids is 2. The first-order valence-electron chi connectivity index (χ1n) is 6.57. The Morgan fingerprint density at radius 1 is 1.41 bits per heavy atom. The van der Waals surface area contributed by atoms with Crippen LogP contribution < -0.4 is 5.32 Å². The van der Waals surface area contributed by atoms with Gasteiger partial charge in [-0.2, -0.15) is 0 Å². The maximum atomic E-state index is 11.9. The summed E-state index contributed by atoms with van der Waals surface area (Å²) in [7, 11) is 0. The Kier molecular flexibility index (Phi) is 5.26. The third kappa shape index (κ3) is 3.91. The van der Waals surface area contributed by atoms with E-state index in [9.17, 15) is 14.4 Å². The van der Waals surface area contributed by atoms with Crippen molar-refractivity contribution in [3.63, 3.8) is 0 Å². The fourth-order valence-electron chi connectivity index (χ4n) is 2.05. The largest absolute Gasteiger partial charge is 0.480 e. The second-order valence-corrected chi connectivity index (χ2v) is 5.56. The van der Waals surface area contributed by atoms with Crippen molar-refractivity contribution in [1.82, 2.24) is 10.2 Å². The van der Waals surface area contributed by atoms with E-state index in [0.717, 1.165) is 10.5 Å². The molecule has 1 heterocycles. The van der Waals surface area contributed by atoms with E-state index in [1.807, 2.05) is 30.5 Å². The molecule has 1 aromatic carbocycles. The lowest BCUT2D eigenvalue weighted by Gasteiger charge is -2.20. The maximum absolute atomic E-state index is 11.9. The lowest BCUT2D eigenvalue weighted by molar-refractivity contribution is -0.138. The van der Waals surface area contributed by atoms with Crippen molar-refractivity contribution in [3.05, 3.63) is 29.8 Å². The number of amides is 2. The van der Waals surface area contributed by atoms with E-state index in [2.05, 4.69) is 5.32 Å². The van der Waals surface area contributed by atoms with Crippen molar-refractivity contribution in [2.24, 2.45) is 0 Å². The van der Waals surface area contributed by atoms with Gasteiger partial charge < -0.3 is 15.2 Å². The molecule has 1 saturated heterocycles. The minimum absolute atomic E-state index is 0.0762. The predicted molar refractivity (Wildman–Crippen MR) is 79.5 cm³/mol. The maximum Gasteiger partial charge on any atom is 0.410 e. The molecule has 1 fully saturated rings. The zero-order valence-corrected chi connectivity index (χ0v) is 12.8. The van der Waals surface area contributed by atoms with Gasteiger partial charge in [0.25, 0.3) is 0 Å². The highest BCUT2D eigenvalue weighted by atomic mass is 32.2. The van der Waals surface area contributed by atoms with Gasteiger partial charge in [0, 0.05) is 4.90 Å². The van der Waals surface area contributed by atoms with Gasteiger partial charge in [-0.1, -0.05) is 12.1 Å². The van der Waals surface area contributed by atoms with Crippen molar-refractivity contribution in [2.45, 2.75) is 17.5 Å². The Balaban J connectivity index is 2.03. The number of nitrogens with zero attached hydrogens (tertiary/aromatic N) is 1. The summed E-state index contributed by atoms with van der Waals surface area (Å²) in [5.74, 6) is -1.67. The van der Waals surface area contributed by atoms with Crippen LogP contribution in [0.3, 0.4) is 0 Å². The van der Waals surface area contributed by atoms with Gasteiger partial charge in [0.15, 0.2) is 0 Å². The van der Waals surface area contributed by atoms with Crippen LogP contribution in [0.4, 0.5) is 4.79 Å². The first-order chi connectivity index (χ1) is 10.5. The number of carboxylic acid groups (broad SMARTS) is 1. The SMILES string of the molecule is CSc1ccc(CN2C(=O)OC[C@H]2C(=O)NCC(=O)O)cc1. The summed E-state index contributed by atoms with van der Waals surface area (Å²) in [5, 5.41) is 10.8. The first kappa shape index (κ1) is 16.2. The topological polar surface area (TPSA) is 95.9 Å². The highest BCUT2D eigenvalue weighted by Gasteiger charge is 2.38. The molecule has 8 heteroatoms.